The summed E-state index contributed by atoms with van der Waals surface area (Å²) in [6, 6.07) is 6.66. The Bertz CT molecular complexity index is 538. The molecule has 4 heteroatoms. The van der Waals surface area contributed by atoms with Crippen LogP contribution >= 0.6 is 0 Å². The highest BCUT2D eigenvalue weighted by molar-refractivity contribution is 7.90. The van der Waals surface area contributed by atoms with E-state index in [1.54, 1.807) is 24.3 Å². The van der Waals surface area contributed by atoms with Gasteiger partial charge in [0.15, 0.2) is 9.84 Å². The molecule has 1 aromatic carbocycles. The maximum absolute atomic E-state index is 11.4. The van der Waals surface area contributed by atoms with Crippen LogP contribution in [0.4, 0.5) is 0 Å². The first-order chi connectivity index (χ1) is 9.27. The van der Waals surface area contributed by atoms with Gasteiger partial charge in [0, 0.05) is 6.26 Å². The van der Waals surface area contributed by atoms with E-state index in [-0.39, 0.29) is 5.92 Å². The van der Waals surface area contributed by atoms with Crippen LogP contribution in [0.25, 0.3) is 0 Å². The van der Waals surface area contributed by atoms with Crippen molar-refractivity contribution in [1.82, 2.24) is 0 Å². The molecule has 0 radical (unpaired) electrons. The minimum Gasteiger partial charge on any atom is -0.388 e. The lowest BCUT2D eigenvalue weighted by atomic mass is 9.73. The van der Waals surface area contributed by atoms with Crippen LogP contribution in [0.3, 0.4) is 0 Å². The Hall–Kier alpha value is -0.870. The molecular formula is C16H24O3S. The average Bonchev–Trinajstić information content (AvgIpc) is 2.36. The van der Waals surface area contributed by atoms with Gasteiger partial charge < -0.3 is 5.11 Å². The predicted molar refractivity (Wildman–Crippen MR) is 80.2 cm³/mol. The van der Waals surface area contributed by atoms with E-state index in [0.29, 0.717) is 16.7 Å². The number of rotatable bonds is 3. The van der Waals surface area contributed by atoms with E-state index in [1.807, 2.05) is 0 Å². The second-order valence-electron chi connectivity index (χ2n) is 6.46. The van der Waals surface area contributed by atoms with E-state index in [1.165, 1.54) is 12.7 Å². The molecular weight excluding hydrogens is 272 g/mol. The molecule has 0 saturated heterocycles. The first kappa shape index (κ1) is 15.5. The molecule has 1 aliphatic carbocycles. The van der Waals surface area contributed by atoms with Crippen LogP contribution in [0.1, 0.15) is 44.8 Å². The fourth-order valence-corrected chi connectivity index (χ4v) is 4.08. The summed E-state index contributed by atoms with van der Waals surface area (Å²) < 4.78 is 22.9. The third kappa shape index (κ3) is 3.61. The molecule has 2 rings (SSSR count). The van der Waals surface area contributed by atoms with Gasteiger partial charge in [-0.15, -0.1) is 0 Å². The smallest absolute Gasteiger partial charge is 0.175 e. The van der Waals surface area contributed by atoms with Gasteiger partial charge in [-0.3, -0.25) is 0 Å². The Labute approximate surface area is 121 Å². The molecule has 1 aromatic rings. The maximum Gasteiger partial charge on any atom is 0.175 e. The Morgan fingerprint density at radius 1 is 1.05 bits per heavy atom. The second kappa shape index (κ2) is 5.86. The van der Waals surface area contributed by atoms with Crippen LogP contribution in [0.15, 0.2) is 29.2 Å². The minimum atomic E-state index is -3.17. The van der Waals surface area contributed by atoms with Crippen molar-refractivity contribution >= 4 is 9.84 Å². The lowest BCUT2D eigenvalue weighted by molar-refractivity contribution is 0.0551. The summed E-state index contributed by atoms with van der Waals surface area (Å²) in [6.45, 7) is 4.48. The van der Waals surface area contributed by atoms with Crippen molar-refractivity contribution in [2.24, 2.45) is 17.8 Å². The van der Waals surface area contributed by atoms with Gasteiger partial charge in [0.05, 0.1) is 11.0 Å². The van der Waals surface area contributed by atoms with Crippen molar-refractivity contribution in [3.8, 4) is 0 Å². The molecule has 1 N–H and O–H groups in total. The fraction of sp³-hybridized carbons (Fsp3) is 0.625. The van der Waals surface area contributed by atoms with Gasteiger partial charge in [-0.1, -0.05) is 26.0 Å². The lowest BCUT2D eigenvalue weighted by Crippen LogP contribution is -2.24. The standard InChI is InChI=1S/C16H24O3S/c1-11-8-12(2)10-14(9-11)16(17)13-4-6-15(7-5-13)20(3,18)19/h4-7,11-12,14,16-17H,8-10H2,1-3H3. The van der Waals surface area contributed by atoms with Crippen LogP contribution in [0.5, 0.6) is 0 Å². The van der Waals surface area contributed by atoms with Crippen molar-refractivity contribution in [1.29, 1.82) is 0 Å². The van der Waals surface area contributed by atoms with Gasteiger partial charge in [-0.25, -0.2) is 8.42 Å². The normalized spacial score (nSPS) is 29.1. The Morgan fingerprint density at radius 3 is 2.00 bits per heavy atom. The van der Waals surface area contributed by atoms with E-state index < -0.39 is 15.9 Å². The van der Waals surface area contributed by atoms with Gasteiger partial charge in [0.25, 0.3) is 0 Å². The zero-order valence-electron chi connectivity index (χ0n) is 12.4. The molecule has 1 fully saturated rings. The fourth-order valence-electron chi connectivity index (χ4n) is 3.45. The van der Waals surface area contributed by atoms with Gasteiger partial charge in [-0.05, 0) is 54.7 Å². The lowest BCUT2D eigenvalue weighted by Gasteiger charge is -2.34. The van der Waals surface area contributed by atoms with Crippen molar-refractivity contribution in [3.05, 3.63) is 29.8 Å². The number of benzene rings is 1. The van der Waals surface area contributed by atoms with E-state index >= 15 is 0 Å². The molecule has 0 heterocycles. The molecule has 1 saturated carbocycles. The minimum absolute atomic E-state index is 0.276. The Morgan fingerprint density at radius 2 is 1.55 bits per heavy atom. The zero-order valence-corrected chi connectivity index (χ0v) is 13.2. The van der Waals surface area contributed by atoms with Crippen molar-refractivity contribution in [2.75, 3.05) is 6.26 Å². The zero-order chi connectivity index (χ0) is 14.9. The van der Waals surface area contributed by atoms with Gasteiger partial charge in [-0.2, -0.15) is 0 Å². The highest BCUT2D eigenvalue weighted by Gasteiger charge is 2.29. The number of aliphatic hydroxyl groups excluding tert-OH is 1. The second-order valence-corrected chi connectivity index (χ2v) is 8.48. The molecule has 0 spiro atoms. The Balaban J connectivity index is 2.15. The van der Waals surface area contributed by atoms with E-state index in [9.17, 15) is 13.5 Å². The summed E-state index contributed by atoms with van der Waals surface area (Å²) in [5, 5.41) is 10.5. The van der Waals surface area contributed by atoms with Gasteiger partial charge in [0.2, 0.25) is 0 Å². The molecule has 3 unspecified atom stereocenters. The topological polar surface area (TPSA) is 54.4 Å². The molecule has 112 valence electrons. The molecule has 20 heavy (non-hydrogen) atoms. The largest absolute Gasteiger partial charge is 0.388 e. The van der Waals surface area contributed by atoms with Crippen molar-refractivity contribution in [3.63, 3.8) is 0 Å². The summed E-state index contributed by atoms with van der Waals surface area (Å²) >= 11 is 0. The molecule has 3 atom stereocenters. The molecule has 0 aromatic heterocycles. The van der Waals surface area contributed by atoms with Crippen LogP contribution in [0, 0.1) is 17.8 Å². The third-order valence-corrected chi connectivity index (χ3v) is 5.44. The molecule has 0 bridgehead atoms. The summed E-state index contributed by atoms with van der Waals surface area (Å²) in [6.07, 6.45) is 4.02. The summed E-state index contributed by atoms with van der Waals surface area (Å²) in [7, 11) is -3.17. The monoisotopic (exact) mass is 296 g/mol. The molecule has 3 nitrogen and oxygen atoms in total. The average molecular weight is 296 g/mol. The SMILES string of the molecule is CC1CC(C)CC(C(O)c2ccc(S(C)(=O)=O)cc2)C1. The first-order valence-electron chi connectivity index (χ1n) is 7.25. The maximum atomic E-state index is 11.4. The summed E-state index contributed by atoms with van der Waals surface area (Å²) in [4.78, 5) is 0.304. The van der Waals surface area contributed by atoms with Gasteiger partial charge >= 0.3 is 0 Å². The van der Waals surface area contributed by atoms with Crippen LogP contribution in [-0.4, -0.2) is 19.8 Å². The highest BCUT2D eigenvalue weighted by Crippen LogP contribution is 2.39. The number of aliphatic hydroxyl groups is 1. The van der Waals surface area contributed by atoms with Crippen molar-refractivity contribution in [2.45, 2.75) is 44.1 Å². The summed E-state index contributed by atoms with van der Waals surface area (Å²) in [5.74, 6) is 1.57. The Kier molecular flexibility index (Phi) is 4.55. The highest BCUT2D eigenvalue weighted by atomic mass is 32.2. The van der Waals surface area contributed by atoms with Crippen LogP contribution in [-0.2, 0) is 9.84 Å². The van der Waals surface area contributed by atoms with Gasteiger partial charge in [0.1, 0.15) is 0 Å². The number of hydrogen-bond donors (Lipinski definition) is 1. The van der Waals surface area contributed by atoms with E-state index in [0.717, 1.165) is 18.4 Å². The molecule has 1 aliphatic rings. The molecule has 0 amide bonds. The van der Waals surface area contributed by atoms with Crippen LogP contribution in [0.2, 0.25) is 0 Å². The van der Waals surface area contributed by atoms with Crippen molar-refractivity contribution < 1.29 is 13.5 Å². The van der Waals surface area contributed by atoms with Crippen LogP contribution < -0.4 is 0 Å². The third-order valence-electron chi connectivity index (χ3n) is 4.31. The van der Waals surface area contributed by atoms with E-state index in [2.05, 4.69) is 13.8 Å². The quantitative estimate of drug-likeness (QED) is 0.932. The predicted octanol–water partition coefficient (Wildman–Crippen LogP) is 3.20. The number of hydrogen-bond acceptors (Lipinski definition) is 3. The first-order valence-corrected chi connectivity index (χ1v) is 9.14. The number of sulfone groups is 1. The summed E-state index contributed by atoms with van der Waals surface area (Å²) in [5.41, 5.74) is 0.823. The molecule has 0 aliphatic heterocycles. The van der Waals surface area contributed by atoms with E-state index in [4.69, 9.17) is 0 Å².